The third-order valence-electron chi connectivity index (χ3n) is 2.94. The van der Waals surface area contributed by atoms with E-state index in [4.69, 9.17) is 9.47 Å². The van der Waals surface area contributed by atoms with Crippen molar-refractivity contribution in [2.24, 2.45) is 0 Å². The van der Waals surface area contributed by atoms with Crippen LogP contribution in [0, 0.1) is 0 Å². The molecule has 0 spiro atoms. The first-order valence-electron chi connectivity index (χ1n) is 6.06. The molecule has 1 atom stereocenters. The van der Waals surface area contributed by atoms with Crippen molar-refractivity contribution in [1.82, 2.24) is 0 Å². The largest absolute Gasteiger partial charge is 0.504 e. The lowest BCUT2D eigenvalue weighted by atomic mass is 9.99. The average Bonchev–Trinajstić information content (AvgIpc) is 2.28. The van der Waals surface area contributed by atoms with E-state index in [0.717, 1.165) is 12.1 Å². The summed E-state index contributed by atoms with van der Waals surface area (Å²) in [5.74, 6) is 0.617. The van der Waals surface area contributed by atoms with Crippen LogP contribution in [-0.2, 0) is 4.74 Å². The smallest absolute Gasteiger partial charge is 0.160 e. The van der Waals surface area contributed by atoms with Crippen molar-refractivity contribution in [3.63, 3.8) is 0 Å². The summed E-state index contributed by atoms with van der Waals surface area (Å²) in [6, 6.07) is 5.53. The Morgan fingerprint density at radius 2 is 2.00 bits per heavy atom. The summed E-state index contributed by atoms with van der Waals surface area (Å²) >= 11 is 0. The number of rotatable bonds is 6. The normalized spacial score (nSPS) is 13.2. The maximum Gasteiger partial charge on any atom is 0.160 e. The number of phenolic OH excluding ortho intramolecular Hbond substituents is 1. The van der Waals surface area contributed by atoms with Crippen molar-refractivity contribution in [3.05, 3.63) is 18.2 Å². The van der Waals surface area contributed by atoms with Crippen molar-refractivity contribution in [2.75, 3.05) is 19.5 Å². The van der Waals surface area contributed by atoms with Crippen LogP contribution in [0.1, 0.15) is 27.2 Å². The fraction of sp³-hybridized carbons (Fsp3) is 0.571. The summed E-state index contributed by atoms with van der Waals surface area (Å²) in [5, 5.41) is 13.0. The first kappa shape index (κ1) is 14.6. The summed E-state index contributed by atoms with van der Waals surface area (Å²) < 4.78 is 10.4. The Bertz CT molecular complexity index is 391. The molecule has 0 heterocycles. The highest BCUT2D eigenvalue weighted by molar-refractivity contribution is 5.54. The molecule has 1 aromatic rings. The fourth-order valence-corrected chi connectivity index (χ4v) is 1.94. The van der Waals surface area contributed by atoms with Crippen LogP contribution in [0.3, 0.4) is 0 Å². The topological polar surface area (TPSA) is 50.7 Å². The minimum absolute atomic E-state index is 0.140. The highest BCUT2D eigenvalue weighted by Crippen LogP contribution is 2.29. The molecule has 18 heavy (non-hydrogen) atoms. The summed E-state index contributed by atoms with van der Waals surface area (Å²) in [4.78, 5) is 0. The molecule has 0 aliphatic rings. The molecular weight excluding hydrogens is 230 g/mol. The Kier molecular flexibility index (Phi) is 4.84. The molecule has 0 aliphatic carbocycles. The lowest BCUT2D eigenvalue weighted by molar-refractivity contribution is 0.0128. The van der Waals surface area contributed by atoms with Gasteiger partial charge in [-0.3, -0.25) is 0 Å². The van der Waals surface area contributed by atoms with E-state index in [-0.39, 0.29) is 17.4 Å². The lowest BCUT2D eigenvalue weighted by Crippen LogP contribution is -2.31. The van der Waals surface area contributed by atoms with Crippen LogP contribution in [-0.4, -0.2) is 31.0 Å². The van der Waals surface area contributed by atoms with Gasteiger partial charge in [-0.05, 0) is 39.3 Å². The van der Waals surface area contributed by atoms with E-state index in [9.17, 15) is 5.11 Å². The molecule has 0 fully saturated rings. The zero-order valence-corrected chi connectivity index (χ0v) is 11.8. The van der Waals surface area contributed by atoms with Crippen molar-refractivity contribution in [1.29, 1.82) is 0 Å². The Labute approximate surface area is 109 Å². The summed E-state index contributed by atoms with van der Waals surface area (Å²) in [7, 11) is 3.25. The second-order valence-electron chi connectivity index (χ2n) is 5.10. The van der Waals surface area contributed by atoms with E-state index < -0.39 is 0 Å². The number of aromatic hydroxyl groups is 1. The highest BCUT2D eigenvalue weighted by Gasteiger charge is 2.20. The molecule has 0 aromatic heterocycles. The maximum atomic E-state index is 9.69. The highest BCUT2D eigenvalue weighted by atomic mass is 16.5. The second kappa shape index (κ2) is 5.96. The van der Waals surface area contributed by atoms with Gasteiger partial charge in [0, 0.05) is 24.9 Å². The predicted octanol–water partition coefficient (Wildman–Crippen LogP) is 3.02. The van der Waals surface area contributed by atoms with E-state index in [1.165, 1.54) is 7.11 Å². The molecular formula is C14H23NO3. The standard InChI is InChI=1S/C14H23NO3/c1-10(9-14(2,3)18-5)15-11-6-7-13(17-4)12(16)8-11/h6-8,10,15-16H,9H2,1-5H3. The van der Waals surface area contributed by atoms with E-state index in [2.05, 4.69) is 26.1 Å². The average molecular weight is 253 g/mol. The number of anilines is 1. The van der Waals surface area contributed by atoms with E-state index in [0.29, 0.717) is 5.75 Å². The first-order chi connectivity index (χ1) is 8.38. The number of methoxy groups -OCH3 is 2. The number of phenols is 1. The van der Waals surface area contributed by atoms with Crippen LogP contribution in [0.25, 0.3) is 0 Å². The van der Waals surface area contributed by atoms with Crippen molar-refractivity contribution in [3.8, 4) is 11.5 Å². The molecule has 0 amide bonds. The van der Waals surface area contributed by atoms with Gasteiger partial charge >= 0.3 is 0 Å². The van der Waals surface area contributed by atoms with Gasteiger partial charge in [-0.1, -0.05) is 0 Å². The molecule has 0 radical (unpaired) electrons. The van der Waals surface area contributed by atoms with Crippen molar-refractivity contribution < 1.29 is 14.6 Å². The molecule has 1 rings (SSSR count). The van der Waals surface area contributed by atoms with Gasteiger partial charge in [0.05, 0.1) is 12.7 Å². The number of hydrogen-bond acceptors (Lipinski definition) is 4. The third kappa shape index (κ3) is 4.11. The molecule has 4 nitrogen and oxygen atoms in total. The molecule has 1 unspecified atom stereocenters. The predicted molar refractivity (Wildman–Crippen MR) is 73.4 cm³/mol. The van der Waals surface area contributed by atoms with Crippen LogP contribution in [0.2, 0.25) is 0 Å². The van der Waals surface area contributed by atoms with Gasteiger partial charge < -0.3 is 19.9 Å². The Hall–Kier alpha value is -1.42. The van der Waals surface area contributed by atoms with Gasteiger partial charge in [0.2, 0.25) is 0 Å². The summed E-state index contributed by atoms with van der Waals surface area (Å²) in [6.07, 6.45) is 0.871. The van der Waals surface area contributed by atoms with Crippen LogP contribution >= 0.6 is 0 Å². The van der Waals surface area contributed by atoms with Gasteiger partial charge in [0.1, 0.15) is 0 Å². The first-order valence-corrected chi connectivity index (χ1v) is 6.06. The molecule has 0 saturated heterocycles. The van der Waals surface area contributed by atoms with Gasteiger partial charge in [-0.2, -0.15) is 0 Å². The summed E-state index contributed by atoms with van der Waals surface area (Å²) in [6.45, 7) is 6.19. The van der Waals surface area contributed by atoms with Gasteiger partial charge in [0.25, 0.3) is 0 Å². The zero-order chi connectivity index (χ0) is 13.8. The maximum absolute atomic E-state index is 9.69. The quantitative estimate of drug-likeness (QED) is 0.818. The molecule has 4 heteroatoms. The molecule has 2 N–H and O–H groups in total. The number of benzene rings is 1. The van der Waals surface area contributed by atoms with Crippen LogP contribution < -0.4 is 10.1 Å². The molecule has 102 valence electrons. The number of nitrogens with one attached hydrogen (secondary N) is 1. The summed E-state index contributed by atoms with van der Waals surface area (Å²) in [5.41, 5.74) is 0.703. The van der Waals surface area contributed by atoms with Crippen LogP contribution in [0.4, 0.5) is 5.69 Å². The Morgan fingerprint density at radius 3 is 2.50 bits per heavy atom. The zero-order valence-electron chi connectivity index (χ0n) is 11.8. The second-order valence-corrected chi connectivity index (χ2v) is 5.10. The van der Waals surface area contributed by atoms with Gasteiger partial charge in [-0.25, -0.2) is 0 Å². The van der Waals surface area contributed by atoms with Crippen molar-refractivity contribution in [2.45, 2.75) is 38.8 Å². The Morgan fingerprint density at radius 1 is 1.33 bits per heavy atom. The van der Waals surface area contributed by atoms with Crippen LogP contribution in [0.15, 0.2) is 18.2 Å². The van der Waals surface area contributed by atoms with E-state index in [1.54, 1.807) is 19.2 Å². The molecule has 1 aromatic carbocycles. The van der Waals surface area contributed by atoms with Crippen LogP contribution in [0.5, 0.6) is 11.5 Å². The van der Waals surface area contributed by atoms with Crippen molar-refractivity contribution >= 4 is 5.69 Å². The van der Waals surface area contributed by atoms with E-state index in [1.807, 2.05) is 6.07 Å². The monoisotopic (exact) mass is 253 g/mol. The minimum Gasteiger partial charge on any atom is -0.504 e. The number of hydrogen-bond donors (Lipinski definition) is 2. The SMILES string of the molecule is COc1ccc(NC(C)CC(C)(C)OC)cc1O. The fourth-order valence-electron chi connectivity index (χ4n) is 1.94. The van der Waals surface area contributed by atoms with Gasteiger partial charge in [0.15, 0.2) is 11.5 Å². The minimum atomic E-state index is -0.166. The number of ether oxygens (including phenoxy) is 2. The third-order valence-corrected chi connectivity index (χ3v) is 2.94. The van der Waals surface area contributed by atoms with Gasteiger partial charge in [-0.15, -0.1) is 0 Å². The Balaban J connectivity index is 2.65. The molecule has 0 bridgehead atoms. The molecule has 0 aliphatic heterocycles. The molecule has 0 saturated carbocycles. The van der Waals surface area contributed by atoms with E-state index >= 15 is 0 Å². The lowest BCUT2D eigenvalue weighted by Gasteiger charge is -2.27.